The highest BCUT2D eigenvalue weighted by Gasteiger charge is 2.15. The van der Waals surface area contributed by atoms with Crippen molar-refractivity contribution in [3.8, 4) is 5.75 Å². The Balaban J connectivity index is 1.74. The number of nitrogens with zero attached hydrogens (tertiary/aromatic N) is 1. The lowest BCUT2D eigenvalue weighted by molar-refractivity contribution is -0.124. The largest absolute Gasteiger partial charge is 0.494 e. The number of nitrogens with one attached hydrogen (secondary N) is 1. The van der Waals surface area contributed by atoms with Crippen molar-refractivity contribution >= 4 is 5.91 Å². The topological polar surface area (TPSA) is 41.6 Å². The Kier molecular flexibility index (Phi) is 6.05. The van der Waals surface area contributed by atoms with Crippen LogP contribution < -0.4 is 10.1 Å². The van der Waals surface area contributed by atoms with Crippen LogP contribution in [-0.2, 0) is 17.6 Å². The van der Waals surface area contributed by atoms with Crippen LogP contribution in [0.1, 0.15) is 31.4 Å². The molecule has 0 radical (unpaired) electrons. The molecule has 1 aliphatic rings. The number of ether oxygens (including phenoxy) is 1. The third-order valence-corrected chi connectivity index (χ3v) is 3.94. The molecule has 1 N–H and O–H groups in total. The minimum absolute atomic E-state index is 0.130. The molecule has 2 rings (SSSR count). The van der Waals surface area contributed by atoms with Gasteiger partial charge in [0, 0.05) is 19.6 Å². The van der Waals surface area contributed by atoms with E-state index in [0.717, 1.165) is 44.6 Å². The van der Waals surface area contributed by atoms with Gasteiger partial charge >= 0.3 is 0 Å². The van der Waals surface area contributed by atoms with Crippen molar-refractivity contribution in [2.45, 2.75) is 33.1 Å². The molecule has 0 atom stereocenters. The number of carbonyl (C=O) groups excluding carboxylic acids is 1. The molecule has 0 aliphatic carbocycles. The van der Waals surface area contributed by atoms with Gasteiger partial charge in [0.15, 0.2) is 0 Å². The normalized spacial score (nSPS) is 15.8. The van der Waals surface area contributed by atoms with Crippen molar-refractivity contribution in [3.63, 3.8) is 0 Å². The van der Waals surface area contributed by atoms with Crippen LogP contribution in [0.15, 0.2) is 18.2 Å². The smallest absolute Gasteiger partial charge is 0.234 e. The summed E-state index contributed by atoms with van der Waals surface area (Å²) in [6.45, 7) is 8.21. The van der Waals surface area contributed by atoms with Gasteiger partial charge in [0.1, 0.15) is 5.75 Å². The van der Waals surface area contributed by atoms with Crippen molar-refractivity contribution in [2.75, 3.05) is 32.8 Å². The van der Waals surface area contributed by atoms with E-state index in [1.807, 2.05) is 0 Å². The van der Waals surface area contributed by atoms with Crippen LogP contribution in [-0.4, -0.2) is 43.6 Å². The molecule has 0 aromatic heterocycles. The zero-order valence-corrected chi connectivity index (χ0v) is 13.2. The van der Waals surface area contributed by atoms with E-state index in [9.17, 15) is 4.79 Å². The summed E-state index contributed by atoms with van der Waals surface area (Å²) in [6.07, 6.45) is 3.06. The zero-order valence-electron chi connectivity index (χ0n) is 13.2. The Morgan fingerprint density at radius 1 is 1.24 bits per heavy atom. The van der Waals surface area contributed by atoms with E-state index in [1.165, 1.54) is 11.1 Å². The average molecular weight is 290 g/mol. The molecule has 1 aromatic rings. The van der Waals surface area contributed by atoms with Gasteiger partial charge in [-0.25, -0.2) is 0 Å². The summed E-state index contributed by atoms with van der Waals surface area (Å²) in [5.41, 5.74) is 2.78. The number of hydrogen-bond acceptors (Lipinski definition) is 3. The van der Waals surface area contributed by atoms with E-state index in [-0.39, 0.29) is 5.91 Å². The van der Waals surface area contributed by atoms with Crippen molar-refractivity contribution in [3.05, 3.63) is 29.3 Å². The first-order valence-corrected chi connectivity index (χ1v) is 7.96. The number of carbonyl (C=O) groups is 1. The quantitative estimate of drug-likeness (QED) is 0.781. The molecule has 0 unspecified atom stereocenters. The van der Waals surface area contributed by atoms with Crippen molar-refractivity contribution in [1.29, 1.82) is 0 Å². The van der Waals surface area contributed by atoms with Crippen molar-refractivity contribution in [1.82, 2.24) is 10.2 Å². The Morgan fingerprint density at radius 3 is 2.76 bits per heavy atom. The summed E-state index contributed by atoms with van der Waals surface area (Å²) in [5, 5.41) is 2.84. The lowest BCUT2D eigenvalue weighted by Gasteiger charge is -2.26. The minimum Gasteiger partial charge on any atom is -0.494 e. The molecule has 0 spiro atoms. The monoisotopic (exact) mass is 290 g/mol. The fourth-order valence-corrected chi connectivity index (χ4v) is 2.73. The highest BCUT2D eigenvalue weighted by atomic mass is 16.5. The molecule has 0 saturated carbocycles. The third kappa shape index (κ3) is 4.74. The highest BCUT2D eigenvalue weighted by molar-refractivity contribution is 5.78. The van der Waals surface area contributed by atoms with Crippen LogP contribution in [0.3, 0.4) is 0 Å². The van der Waals surface area contributed by atoms with Gasteiger partial charge in [0.2, 0.25) is 5.91 Å². The Morgan fingerprint density at radius 2 is 2.05 bits per heavy atom. The highest BCUT2D eigenvalue weighted by Crippen LogP contribution is 2.19. The summed E-state index contributed by atoms with van der Waals surface area (Å²) in [5.74, 6) is 1.09. The maximum absolute atomic E-state index is 11.3. The van der Waals surface area contributed by atoms with E-state index in [0.29, 0.717) is 13.2 Å². The molecule has 1 heterocycles. The maximum atomic E-state index is 11.3. The number of amides is 1. The number of benzene rings is 1. The average Bonchev–Trinajstić information content (AvgIpc) is 2.51. The summed E-state index contributed by atoms with van der Waals surface area (Å²) in [7, 11) is 0. The first-order chi connectivity index (χ1) is 10.2. The second-order valence-electron chi connectivity index (χ2n) is 5.47. The van der Waals surface area contributed by atoms with Gasteiger partial charge in [-0.1, -0.05) is 19.9 Å². The first-order valence-electron chi connectivity index (χ1n) is 7.96. The molecule has 1 amide bonds. The molecular weight excluding hydrogens is 264 g/mol. The Labute approximate surface area is 127 Å². The van der Waals surface area contributed by atoms with Crippen LogP contribution in [0.4, 0.5) is 0 Å². The summed E-state index contributed by atoms with van der Waals surface area (Å²) < 4.78 is 5.84. The van der Waals surface area contributed by atoms with Gasteiger partial charge in [0.05, 0.1) is 13.2 Å². The van der Waals surface area contributed by atoms with Gasteiger partial charge in [-0.2, -0.15) is 0 Å². The molecule has 0 bridgehead atoms. The number of piperazine rings is 1. The van der Waals surface area contributed by atoms with E-state index in [2.05, 4.69) is 42.3 Å². The van der Waals surface area contributed by atoms with Gasteiger partial charge in [-0.15, -0.1) is 0 Å². The predicted molar refractivity (Wildman–Crippen MR) is 84.8 cm³/mol. The summed E-state index contributed by atoms with van der Waals surface area (Å²) >= 11 is 0. The molecule has 1 saturated heterocycles. The lowest BCUT2D eigenvalue weighted by atomic mass is 10.0. The van der Waals surface area contributed by atoms with Gasteiger partial charge < -0.3 is 10.1 Å². The summed E-state index contributed by atoms with van der Waals surface area (Å²) in [4.78, 5) is 13.5. The zero-order chi connectivity index (χ0) is 15.1. The summed E-state index contributed by atoms with van der Waals surface area (Å²) in [6, 6.07) is 6.39. The van der Waals surface area contributed by atoms with Crippen LogP contribution >= 0.6 is 0 Å². The van der Waals surface area contributed by atoms with Crippen molar-refractivity contribution in [2.24, 2.45) is 0 Å². The minimum atomic E-state index is 0.130. The molecular formula is C17H26N2O2. The molecule has 1 aliphatic heterocycles. The third-order valence-electron chi connectivity index (χ3n) is 3.94. The van der Waals surface area contributed by atoms with E-state index in [1.54, 1.807) is 0 Å². The molecule has 4 nitrogen and oxygen atoms in total. The SMILES string of the molecule is CCc1ccc(OCCCN2CCNC(=O)C2)cc1CC. The maximum Gasteiger partial charge on any atom is 0.234 e. The standard InChI is InChI=1S/C17H26N2O2/c1-3-14-6-7-16(12-15(14)4-2)21-11-5-9-19-10-8-18-17(20)13-19/h6-7,12H,3-5,8-11,13H2,1-2H3,(H,18,20). The van der Waals surface area contributed by atoms with Crippen LogP contribution in [0.2, 0.25) is 0 Å². The Hall–Kier alpha value is -1.55. The molecule has 4 heteroatoms. The lowest BCUT2D eigenvalue weighted by Crippen LogP contribution is -2.47. The second kappa shape index (κ2) is 8.03. The van der Waals surface area contributed by atoms with Gasteiger partial charge in [-0.05, 0) is 42.5 Å². The predicted octanol–water partition coefficient (Wildman–Crippen LogP) is 2.01. The van der Waals surface area contributed by atoms with E-state index >= 15 is 0 Å². The molecule has 21 heavy (non-hydrogen) atoms. The Bertz CT molecular complexity index is 474. The fraction of sp³-hybridized carbons (Fsp3) is 0.588. The van der Waals surface area contributed by atoms with Crippen LogP contribution in [0.5, 0.6) is 5.75 Å². The number of rotatable bonds is 7. The van der Waals surface area contributed by atoms with Crippen LogP contribution in [0.25, 0.3) is 0 Å². The van der Waals surface area contributed by atoms with E-state index in [4.69, 9.17) is 4.74 Å². The number of hydrogen-bond donors (Lipinski definition) is 1. The van der Waals surface area contributed by atoms with E-state index < -0.39 is 0 Å². The molecule has 1 fully saturated rings. The van der Waals surface area contributed by atoms with Crippen molar-refractivity contribution < 1.29 is 9.53 Å². The van der Waals surface area contributed by atoms with Gasteiger partial charge in [-0.3, -0.25) is 9.69 Å². The molecule has 1 aromatic carbocycles. The first kappa shape index (κ1) is 15.8. The fourth-order valence-electron chi connectivity index (χ4n) is 2.73. The second-order valence-corrected chi connectivity index (χ2v) is 5.47. The van der Waals surface area contributed by atoms with Crippen LogP contribution in [0, 0.1) is 0 Å². The number of aryl methyl sites for hydroxylation is 2. The van der Waals surface area contributed by atoms with Gasteiger partial charge in [0.25, 0.3) is 0 Å². The molecule has 116 valence electrons.